The molecule has 0 saturated heterocycles. The van der Waals surface area contributed by atoms with E-state index in [2.05, 4.69) is 5.32 Å². The maximum atomic E-state index is 12.6. The van der Waals surface area contributed by atoms with Crippen molar-refractivity contribution in [3.63, 3.8) is 0 Å². The summed E-state index contributed by atoms with van der Waals surface area (Å²) in [6.45, 7) is 0.467. The zero-order chi connectivity index (χ0) is 16.2. The van der Waals surface area contributed by atoms with Crippen LogP contribution in [0.5, 0.6) is 0 Å². The summed E-state index contributed by atoms with van der Waals surface area (Å²) < 4.78 is 37.8. The topological polar surface area (TPSA) is 49.3 Å². The molecule has 1 fully saturated rings. The van der Waals surface area contributed by atoms with Gasteiger partial charge in [-0.2, -0.15) is 13.2 Å². The van der Waals surface area contributed by atoms with E-state index in [0.717, 1.165) is 31.4 Å². The molecule has 6 heteroatoms. The van der Waals surface area contributed by atoms with Gasteiger partial charge in [0, 0.05) is 6.54 Å². The van der Waals surface area contributed by atoms with Crippen LogP contribution in [0.15, 0.2) is 24.3 Å². The summed E-state index contributed by atoms with van der Waals surface area (Å²) in [6, 6.07) is 4.82. The number of hydrogen-bond acceptors (Lipinski definition) is 2. The Morgan fingerprint density at radius 2 is 2.09 bits per heavy atom. The molecule has 2 unspecified atom stereocenters. The predicted octanol–water partition coefficient (Wildman–Crippen LogP) is 2.92. The van der Waals surface area contributed by atoms with Crippen LogP contribution in [0, 0.1) is 5.92 Å². The van der Waals surface area contributed by atoms with Crippen molar-refractivity contribution >= 4 is 5.91 Å². The fourth-order valence-corrected chi connectivity index (χ4v) is 2.81. The minimum Gasteiger partial charge on any atom is -0.393 e. The minimum atomic E-state index is -4.40. The highest BCUT2D eigenvalue weighted by molar-refractivity contribution is 5.78. The Labute approximate surface area is 127 Å². The zero-order valence-electron chi connectivity index (χ0n) is 12.2. The normalized spacial score (nSPS) is 22.4. The molecule has 0 radical (unpaired) electrons. The molecule has 2 N–H and O–H groups in total. The Balaban J connectivity index is 1.84. The van der Waals surface area contributed by atoms with Crippen molar-refractivity contribution in [3.05, 3.63) is 35.4 Å². The summed E-state index contributed by atoms with van der Waals surface area (Å²) in [7, 11) is 0. The summed E-state index contributed by atoms with van der Waals surface area (Å²) in [6.07, 6.45) is -1.40. The summed E-state index contributed by atoms with van der Waals surface area (Å²) in [5, 5.41) is 12.3. The van der Waals surface area contributed by atoms with Gasteiger partial charge in [0.05, 0.1) is 18.1 Å². The van der Waals surface area contributed by atoms with Crippen molar-refractivity contribution < 1.29 is 23.1 Å². The van der Waals surface area contributed by atoms with Crippen molar-refractivity contribution in [2.45, 2.75) is 44.4 Å². The highest BCUT2D eigenvalue weighted by Gasteiger charge is 2.30. The average Bonchev–Trinajstić information content (AvgIpc) is 2.45. The molecule has 1 aliphatic rings. The van der Waals surface area contributed by atoms with Crippen LogP contribution < -0.4 is 5.32 Å². The number of carbonyl (C=O) groups is 1. The maximum Gasteiger partial charge on any atom is 0.416 e. The Hall–Kier alpha value is -1.56. The molecule has 0 bridgehead atoms. The molecule has 1 aromatic carbocycles. The van der Waals surface area contributed by atoms with Crippen LogP contribution >= 0.6 is 0 Å². The first-order valence-electron chi connectivity index (χ1n) is 7.45. The van der Waals surface area contributed by atoms with Gasteiger partial charge in [-0.15, -0.1) is 0 Å². The van der Waals surface area contributed by atoms with Crippen LogP contribution in [0.1, 0.15) is 36.8 Å². The summed E-state index contributed by atoms with van der Waals surface area (Å²) >= 11 is 0. The Bertz CT molecular complexity index is 516. The van der Waals surface area contributed by atoms with E-state index in [4.69, 9.17) is 0 Å². The van der Waals surface area contributed by atoms with E-state index in [1.807, 2.05) is 0 Å². The van der Waals surface area contributed by atoms with Crippen LogP contribution in [-0.4, -0.2) is 23.7 Å². The number of aliphatic hydroxyl groups excluding tert-OH is 1. The van der Waals surface area contributed by atoms with Gasteiger partial charge in [0.15, 0.2) is 0 Å². The van der Waals surface area contributed by atoms with E-state index in [1.54, 1.807) is 0 Å². The van der Waals surface area contributed by atoms with E-state index in [-0.39, 0.29) is 24.3 Å². The molecule has 2 rings (SSSR count). The number of amides is 1. The molecule has 22 heavy (non-hydrogen) atoms. The molecule has 1 aliphatic carbocycles. The van der Waals surface area contributed by atoms with Crippen molar-refractivity contribution in [2.75, 3.05) is 6.54 Å². The number of rotatable bonds is 4. The Morgan fingerprint density at radius 3 is 2.77 bits per heavy atom. The largest absolute Gasteiger partial charge is 0.416 e. The monoisotopic (exact) mass is 315 g/mol. The third kappa shape index (κ3) is 5.02. The van der Waals surface area contributed by atoms with Crippen molar-refractivity contribution in [2.24, 2.45) is 5.92 Å². The lowest BCUT2D eigenvalue weighted by atomic mass is 9.87. The number of benzene rings is 1. The second kappa shape index (κ2) is 7.13. The number of alkyl halides is 3. The third-order valence-electron chi connectivity index (χ3n) is 3.96. The summed E-state index contributed by atoms with van der Waals surface area (Å²) in [5.74, 6) is -0.0476. The summed E-state index contributed by atoms with van der Waals surface area (Å²) in [4.78, 5) is 11.8. The highest BCUT2D eigenvalue weighted by atomic mass is 19.4. The molecule has 0 aromatic heterocycles. The second-order valence-electron chi connectivity index (χ2n) is 5.87. The molecule has 0 aliphatic heterocycles. The van der Waals surface area contributed by atoms with Crippen molar-refractivity contribution in [3.8, 4) is 0 Å². The molecule has 0 heterocycles. The molecule has 3 nitrogen and oxygen atoms in total. The molecule has 2 atom stereocenters. The van der Waals surface area contributed by atoms with Gasteiger partial charge in [-0.05, 0) is 36.8 Å². The van der Waals surface area contributed by atoms with Gasteiger partial charge in [0.1, 0.15) is 0 Å². The second-order valence-corrected chi connectivity index (χ2v) is 5.87. The molecule has 0 spiro atoms. The van der Waals surface area contributed by atoms with E-state index in [1.165, 1.54) is 12.1 Å². The van der Waals surface area contributed by atoms with Gasteiger partial charge >= 0.3 is 6.18 Å². The number of carbonyl (C=O) groups excluding carboxylic acids is 1. The molecular weight excluding hydrogens is 295 g/mol. The number of aliphatic hydroxyl groups is 1. The Morgan fingerprint density at radius 1 is 1.32 bits per heavy atom. The van der Waals surface area contributed by atoms with Gasteiger partial charge < -0.3 is 10.4 Å². The lowest BCUT2D eigenvalue weighted by Gasteiger charge is -2.25. The first-order valence-corrected chi connectivity index (χ1v) is 7.45. The van der Waals surface area contributed by atoms with Gasteiger partial charge in [0.2, 0.25) is 5.91 Å². The highest BCUT2D eigenvalue weighted by Crippen LogP contribution is 2.29. The zero-order valence-corrected chi connectivity index (χ0v) is 12.2. The molecule has 122 valence electrons. The molecule has 1 saturated carbocycles. The first kappa shape index (κ1) is 16.8. The van der Waals surface area contributed by atoms with Crippen molar-refractivity contribution in [1.82, 2.24) is 5.32 Å². The maximum absolute atomic E-state index is 12.6. The van der Waals surface area contributed by atoms with Gasteiger partial charge in [0.25, 0.3) is 0 Å². The fourth-order valence-electron chi connectivity index (χ4n) is 2.81. The SMILES string of the molecule is O=C(Cc1cccc(C(F)(F)F)c1)NCC1CCCC(O)C1. The minimum absolute atomic E-state index is 0.0702. The van der Waals surface area contributed by atoms with E-state index >= 15 is 0 Å². The quantitative estimate of drug-likeness (QED) is 0.897. The Kier molecular flexibility index (Phi) is 5.45. The number of hydrogen-bond donors (Lipinski definition) is 2. The fraction of sp³-hybridized carbons (Fsp3) is 0.562. The average molecular weight is 315 g/mol. The van der Waals surface area contributed by atoms with Crippen LogP contribution in [0.25, 0.3) is 0 Å². The predicted molar refractivity (Wildman–Crippen MR) is 76.1 cm³/mol. The van der Waals surface area contributed by atoms with Crippen LogP contribution in [0.3, 0.4) is 0 Å². The van der Waals surface area contributed by atoms with Crippen LogP contribution in [0.2, 0.25) is 0 Å². The van der Waals surface area contributed by atoms with Crippen LogP contribution in [0.4, 0.5) is 13.2 Å². The lowest BCUT2D eigenvalue weighted by Crippen LogP contribution is -2.33. The molecule has 1 aromatic rings. The third-order valence-corrected chi connectivity index (χ3v) is 3.96. The smallest absolute Gasteiger partial charge is 0.393 e. The van der Waals surface area contributed by atoms with E-state index in [9.17, 15) is 23.1 Å². The number of halogens is 3. The van der Waals surface area contributed by atoms with Gasteiger partial charge in [-0.1, -0.05) is 24.6 Å². The number of nitrogens with one attached hydrogen (secondary N) is 1. The standard InChI is InChI=1S/C16H20F3NO2/c17-16(18,19)13-5-1-3-11(7-13)9-15(22)20-10-12-4-2-6-14(21)8-12/h1,3,5,7,12,14,21H,2,4,6,8-10H2,(H,20,22). The van der Waals surface area contributed by atoms with Gasteiger partial charge in [-0.25, -0.2) is 0 Å². The van der Waals surface area contributed by atoms with E-state index in [0.29, 0.717) is 18.5 Å². The van der Waals surface area contributed by atoms with Crippen LogP contribution in [-0.2, 0) is 17.4 Å². The lowest BCUT2D eigenvalue weighted by molar-refractivity contribution is -0.137. The van der Waals surface area contributed by atoms with Gasteiger partial charge in [-0.3, -0.25) is 4.79 Å². The summed E-state index contributed by atoms with van der Waals surface area (Å²) in [5.41, 5.74) is -0.399. The molecule has 1 amide bonds. The molecular formula is C16H20F3NO2. The van der Waals surface area contributed by atoms with E-state index < -0.39 is 11.7 Å². The van der Waals surface area contributed by atoms with Crippen molar-refractivity contribution in [1.29, 1.82) is 0 Å². The first-order chi connectivity index (χ1) is 10.3.